The SMILES string of the molecule is Cc1nn(C)cc1C(=O)N1CCCCC1CCBr. The lowest BCUT2D eigenvalue weighted by atomic mass is 9.99. The maximum Gasteiger partial charge on any atom is 0.257 e. The van der Waals surface area contributed by atoms with Gasteiger partial charge < -0.3 is 4.90 Å². The Hall–Kier alpha value is -0.840. The zero-order chi connectivity index (χ0) is 13.1. The second kappa shape index (κ2) is 5.87. The average molecular weight is 314 g/mol. The number of halogens is 1. The van der Waals surface area contributed by atoms with Gasteiger partial charge in [-0.15, -0.1) is 0 Å². The molecule has 1 aromatic rings. The van der Waals surface area contributed by atoms with Gasteiger partial charge in [0.05, 0.1) is 11.3 Å². The highest BCUT2D eigenvalue weighted by atomic mass is 79.9. The minimum absolute atomic E-state index is 0.145. The molecule has 0 N–H and O–H groups in total. The molecule has 1 amide bonds. The molecule has 100 valence electrons. The largest absolute Gasteiger partial charge is 0.336 e. The minimum atomic E-state index is 0.145. The first kappa shape index (κ1) is 13.6. The fraction of sp³-hybridized carbons (Fsp3) is 0.692. The maximum atomic E-state index is 12.6. The fourth-order valence-electron chi connectivity index (χ4n) is 2.66. The molecule has 1 aliphatic heterocycles. The first-order valence-electron chi connectivity index (χ1n) is 6.50. The van der Waals surface area contributed by atoms with Crippen molar-refractivity contribution in [2.75, 3.05) is 11.9 Å². The molecule has 1 unspecified atom stereocenters. The summed E-state index contributed by atoms with van der Waals surface area (Å²) in [7, 11) is 1.86. The van der Waals surface area contributed by atoms with Crippen molar-refractivity contribution in [3.63, 3.8) is 0 Å². The lowest BCUT2D eigenvalue weighted by Crippen LogP contribution is -2.44. The average Bonchev–Trinajstić information content (AvgIpc) is 2.69. The van der Waals surface area contributed by atoms with E-state index in [2.05, 4.69) is 21.0 Å². The normalized spacial score (nSPS) is 20.2. The van der Waals surface area contributed by atoms with Gasteiger partial charge in [-0.25, -0.2) is 0 Å². The third-order valence-corrected chi connectivity index (χ3v) is 4.03. The monoisotopic (exact) mass is 313 g/mol. The topological polar surface area (TPSA) is 38.1 Å². The molecule has 1 aliphatic rings. The molecule has 4 nitrogen and oxygen atoms in total. The molecule has 1 saturated heterocycles. The van der Waals surface area contributed by atoms with Gasteiger partial charge in [-0.2, -0.15) is 5.10 Å². The number of hydrogen-bond donors (Lipinski definition) is 0. The maximum absolute atomic E-state index is 12.6. The number of piperidine rings is 1. The molecule has 0 saturated carbocycles. The van der Waals surface area contributed by atoms with E-state index in [1.54, 1.807) is 4.68 Å². The fourth-order valence-corrected chi connectivity index (χ4v) is 3.19. The van der Waals surface area contributed by atoms with Gasteiger partial charge in [0.15, 0.2) is 0 Å². The van der Waals surface area contributed by atoms with Crippen LogP contribution in [0.5, 0.6) is 0 Å². The van der Waals surface area contributed by atoms with Crippen LogP contribution in [0.2, 0.25) is 0 Å². The van der Waals surface area contributed by atoms with E-state index in [-0.39, 0.29) is 5.91 Å². The van der Waals surface area contributed by atoms with E-state index in [1.807, 2.05) is 25.1 Å². The number of hydrogen-bond acceptors (Lipinski definition) is 2. The number of nitrogens with zero attached hydrogens (tertiary/aromatic N) is 3. The molecule has 0 aromatic carbocycles. The van der Waals surface area contributed by atoms with Crippen molar-refractivity contribution in [1.29, 1.82) is 0 Å². The van der Waals surface area contributed by atoms with Crippen LogP contribution < -0.4 is 0 Å². The van der Waals surface area contributed by atoms with Crippen molar-refractivity contribution in [1.82, 2.24) is 14.7 Å². The van der Waals surface area contributed by atoms with Gasteiger partial charge in [0.2, 0.25) is 0 Å². The predicted octanol–water partition coefficient (Wildman–Crippen LogP) is 2.51. The number of amides is 1. The van der Waals surface area contributed by atoms with E-state index in [0.29, 0.717) is 6.04 Å². The quantitative estimate of drug-likeness (QED) is 0.804. The van der Waals surface area contributed by atoms with Crippen LogP contribution in [0, 0.1) is 6.92 Å². The number of likely N-dealkylation sites (tertiary alicyclic amines) is 1. The zero-order valence-corrected chi connectivity index (χ0v) is 12.6. The highest BCUT2D eigenvalue weighted by Crippen LogP contribution is 2.23. The Labute approximate surface area is 116 Å². The van der Waals surface area contributed by atoms with Crippen LogP contribution in [0.4, 0.5) is 0 Å². The van der Waals surface area contributed by atoms with Crippen LogP contribution in [-0.2, 0) is 7.05 Å². The Balaban J connectivity index is 2.18. The summed E-state index contributed by atoms with van der Waals surface area (Å²) in [5, 5.41) is 5.21. The number of rotatable bonds is 3. The highest BCUT2D eigenvalue weighted by molar-refractivity contribution is 9.09. The minimum Gasteiger partial charge on any atom is -0.336 e. The highest BCUT2D eigenvalue weighted by Gasteiger charge is 2.28. The molecular weight excluding hydrogens is 294 g/mol. The number of carbonyl (C=O) groups excluding carboxylic acids is 1. The van der Waals surface area contributed by atoms with Gasteiger partial charge in [-0.05, 0) is 32.6 Å². The molecule has 0 bridgehead atoms. The van der Waals surface area contributed by atoms with Gasteiger partial charge in [-0.3, -0.25) is 9.48 Å². The second-order valence-electron chi connectivity index (χ2n) is 4.93. The Morgan fingerprint density at radius 1 is 1.56 bits per heavy atom. The third kappa shape index (κ3) is 2.76. The number of aryl methyl sites for hydroxylation is 2. The smallest absolute Gasteiger partial charge is 0.257 e. The van der Waals surface area contributed by atoms with Gasteiger partial charge in [-0.1, -0.05) is 15.9 Å². The molecular formula is C13H20BrN3O. The molecule has 2 rings (SSSR count). The summed E-state index contributed by atoms with van der Waals surface area (Å²) < 4.78 is 1.71. The van der Waals surface area contributed by atoms with E-state index in [1.165, 1.54) is 6.42 Å². The molecule has 0 aliphatic carbocycles. The molecule has 1 atom stereocenters. The Morgan fingerprint density at radius 2 is 2.33 bits per heavy atom. The first-order chi connectivity index (χ1) is 8.63. The van der Waals surface area contributed by atoms with Crippen molar-refractivity contribution in [3.05, 3.63) is 17.5 Å². The summed E-state index contributed by atoms with van der Waals surface area (Å²) in [6.45, 7) is 2.78. The van der Waals surface area contributed by atoms with Crippen molar-refractivity contribution in [2.24, 2.45) is 7.05 Å². The summed E-state index contributed by atoms with van der Waals surface area (Å²) in [5.74, 6) is 0.145. The van der Waals surface area contributed by atoms with Crippen LogP contribution in [-0.4, -0.2) is 38.5 Å². The lowest BCUT2D eigenvalue weighted by molar-refractivity contribution is 0.0609. The predicted molar refractivity (Wildman–Crippen MR) is 75.0 cm³/mol. The molecule has 0 spiro atoms. The molecule has 5 heteroatoms. The molecule has 1 aromatic heterocycles. The van der Waals surface area contributed by atoms with Crippen LogP contribution in [0.1, 0.15) is 41.7 Å². The standard InChI is InChI=1S/C13H20BrN3O/c1-10-12(9-16(2)15-10)13(18)17-8-4-3-5-11(17)6-7-14/h9,11H,3-8H2,1-2H3. The summed E-state index contributed by atoms with van der Waals surface area (Å²) in [6.07, 6.45) is 6.33. The van der Waals surface area contributed by atoms with Crippen LogP contribution in [0.3, 0.4) is 0 Å². The van der Waals surface area contributed by atoms with Crippen molar-refractivity contribution < 1.29 is 4.79 Å². The zero-order valence-electron chi connectivity index (χ0n) is 11.0. The summed E-state index contributed by atoms with van der Waals surface area (Å²) >= 11 is 3.48. The molecule has 2 heterocycles. The number of alkyl halides is 1. The Bertz CT molecular complexity index is 428. The Morgan fingerprint density at radius 3 is 2.94 bits per heavy atom. The van der Waals surface area contributed by atoms with Crippen LogP contribution in [0.15, 0.2) is 6.20 Å². The van der Waals surface area contributed by atoms with E-state index < -0.39 is 0 Å². The Kier molecular flexibility index (Phi) is 4.43. The van der Waals surface area contributed by atoms with Gasteiger partial charge in [0.1, 0.15) is 0 Å². The number of aromatic nitrogens is 2. The second-order valence-corrected chi connectivity index (χ2v) is 5.72. The van der Waals surface area contributed by atoms with Gasteiger partial charge >= 0.3 is 0 Å². The first-order valence-corrected chi connectivity index (χ1v) is 7.63. The van der Waals surface area contributed by atoms with E-state index in [0.717, 1.165) is 42.4 Å². The molecule has 0 radical (unpaired) electrons. The summed E-state index contributed by atoms with van der Waals surface area (Å²) in [5.41, 5.74) is 1.57. The van der Waals surface area contributed by atoms with Crippen LogP contribution in [0.25, 0.3) is 0 Å². The van der Waals surface area contributed by atoms with E-state index in [4.69, 9.17) is 0 Å². The third-order valence-electron chi connectivity index (χ3n) is 3.57. The van der Waals surface area contributed by atoms with Gasteiger partial charge in [0.25, 0.3) is 5.91 Å². The molecule has 1 fully saturated rings. The lowest BCUT2D eigenvalue weighted by Gasteiger charge is -2.35. The van der Waals surface area contributed by atoms with E-state index >= 15 is 0 Å². The van der Waals surface area contributed by atoms with Crippen molar-refractivity contribution in [2.45, 2.75) is 38.6 Å². The van der Waals surface area contributed by atoms with Gasteiger partial charge in [0, 0.05) is 31.2 Å². The summed E-state index contributed by atoms with van der Waals surface area (Å²) in [4.78, 5) is 14.6. The molecule has 18 heavy (non-hydrogen) atoms. The van der Waals surface area contributed by atoms with E-state index in [9.17, 15) is 4.79 Å². The van der Waals surface area contributed by atoms with Crippen molar-refractivity contribution in [3.8, 4) is 0 Å². The summed E-state index contributed by atoms with van der Waals surface area (Å²) in [6, 6.07) is 0.380. The van der Waals surface area contributed by atoms with Crippen LogP contribution >= 0.6 is 15.9 Å². The van der Waals surface area contributed by atoms with Crippen molar-refractivity contribution >= 4 is 21.8 Å². The number of carbonyl (C=O) groups is 1.